The monoisotopic (exact) mass is 304 g/mol. The highest BCUT2D eigenvalue weighted by atomic mass is 32.1. The minimum absolute atomic E-state index is 0.240. The van der Waals surface area contributed by atoms with Crippen molar-refractivity contribution in [2.45, 2.75) is 20.0 Å². The van der Waals surface area contributed by atoms with E-state index in [-0.39, 0.29) is 23.6 Å². The third-order valence-corrected chi connectivity index (χ3v) is 4.27. The standard InChI is InChI=1S/C15H13FN2O2S/c1-2-17-14(19)13-12(6-7-21-13)18(15(17)20)9-10-4-3-5-11(16)8-10/h3-8H,2,9H2,1H3. The molecule has 0 spiro atoms. The van der Waals surface area contributed by atoms with Crippen molar-refractivity contribution in [3.8, 4) is 0 Å². The summed E-state index contributed by atoms with van der Waals surface area (Å²) in [6.07, 6.45) is 0. The highest BCUT2D eigenvalue weighted by Crippen LogP contribution is 2.16. The first-order valence-electron chi connectivity index (χ1n) is 6.57. The molecule has 0 unspecified atom stereocenters. The number of benzene rings is 1. The van der Waals surface area contributed by atoms with Gasteiger partial charge in [-0.15, -0.1) is 11.3 Å². The lowest BCUT2D eigenvalue weighted by molar-refractivity contribution is 0.609. The van der Waals surface area contributed by atoms with Gasteiger partial charge in [0.2, 0.25) is 0 Å². The Balaban J connectivity index is 2.25. The molecular weight excluding hydrogens is 291 g/mol. The lowest BCUT2D eigenvalue weighted by Gasteiger charge is -2.11. The summed E-state index contributed by atoms with van der Waals surface area (Å²) in [5, 5.41) is 1.79. The van der Waals surface area contributed by atoms with Gasteiger partial charge in [0.15, 0.2) is 0 Å². The Bertz CT molecular complexity index is 923. The van der Waals surface area contributed by atoms with Crippen molar-refractivity contribution in [3.05, 3.63) is 67.9 Å². The molecule has 0 radical (unpaired) electrons. The van der Waals surface area contributed by atoms with Crippen molar-refractivity contribution in [2.24, 2.45) is 0 Å². The highest BCUT2D eigenvalue weighted by Gasteiger charge is 2.13. The topological polar surface area (TPSA) is 44.0 Å². The number of nitrogens with zero attached hydrogens (tertiary/aromatic N) is 2. The Labute approximate surface area is 123 Å². The van der Waals surface area contributed by atoms with Crippen molar-refractivity contribution >= 4 is 21.6 Å². The van der Waals surface area contributed by atoms with Gasteiger partial charge in [-0.2, -0.15) is 0 Å². The van der Waals surface area contributed by atoms with E-state index in [1.165, 1.54) is 32.6 Å². The van der Waals surface area contributed by atoms with Gasteiger partial charge in [0.05, 0.1) is 12.1 Å². The Morgan fingerprint density at radius 1 is 1.19 bits per heavy atom. The number of thiophene rings is 1. The molecule has 0 aliphatic heterocycles. The number of rotatable bonds is 3. The lowest BCUT2D eigenvalue weighted by atomic mass is 10.2. The van der Waals surface area contributed by atoms with Gasteiger partial charge in [-0.3, -0.25) is 13.9 Å². The predicted molar refractivity (Wildman–Crippen MR) is 81.5 cm³/mol. The molecule has 0 saturated heterocycles. The fourth-order valence-electron chi connectivity index (χ4n) is 2.38. The summed E-state index contributed by atoms with van der Waals surface area (Å²) in [5.74, 6) is -0.342. The summed E-state index contributed by atoms with van der Waals surface area (Å²) in [5.41, 5.74) is 0.663. The van der Waals surface area contributed by atoms with E-state index < -0.39 is 0 Å². The second kappa shape index (κ2) is 5.29. The second-order valence-electron chi connectivity index (χ2n) is 4.68. The maximum absolute atomic E-state index is 13.3. The third-order valence-electron chi connectivity index (χ3n) is 3.38. The van der Waals surface area contributed by atoms with E-state index in [4.69, 9.17) is 0 Å². The van der Waals surface area contributed by atoms with E-state index in [2.05, 4.69) is 0 Å². The maximum atomic E-state index is 13.3. The number of halogens is 1. The molecular formula is C15H13FN2O2S. The predicted octanol–water partition coefficient (Wildman–Crippen LogP) is 2.43. The van der Waals surface area contributed by atoms with Gasteiger partial charge >= 0.3 is 5.69 Å². The van der Waals surface area contributed by atoms with Gasteiger partial charge < -0.3 is 0 Å². The van der Waals surface area contributed by atoms with E-state index >= 15 is 0 Å². The lowest BCUT2D eigenvalue weighted by Crippen LogP contribution is -2.39. The molecule has 0 bridgehead atoms. The zero-order valence-corrected chi connectivity index (χ0v) is 12.2. The van der Waals surface area contributed by atoms with Crippen LogP contribution in [-0.2, 0) is 13.1 Å². The molecule has 1 aromatic carbocycles. The zero-order valence-electron chi connectivity index (χ0n) is 11.4. The molecule has 3 rings (SSSR count). The van der Waals surface area contributed by atoms with Gasteiger partial charge in [0, 0.05) is 6.54 Å². The first-order chi connectivity index (χ1) is 10.1. The Morgan fingerprint density at radius 3 is 2.71 bits per heavy atom. The van der Waals surface area contributed by atoms with Gasteiger partial charge in [-0.1, -0.05) is 12.1 Å². The molecule has 0 fully saturated rings. The van der Waals surface area contributed by atoms with Crippen LogP contribution in [0.15, 0.2) is 45.3 Å². The van der Waals surface area contributed by atoms with Crippen molar-refractivity contribution in [3.63, 3.8) is 0 Å². The molecule has 3 aromatic rings. The highest BCUT2D eigenvalue weighted by molar-refractivity contribution is 7.17. The summed E-state index contributed by atoms with van der Waals surface area (Å²) in [7, 11) is 0. The average Bonchev–Trinajstić information content (AvgIpc) is 2.94. The molecule has 0 aliphatic rings. The summed E-state index contributed by atoms with van der Waals surface area (Å²) in [4.78, 5) is 24.7. The summed E-state index contributed by atoms with van der Waals surface area (Å²) in [6, 6.07) is 7.87. The molecule has 2 aromatic heterocycles. The minimum atomic E-state index is -0.363. The van der Waals surface area contributed by atoms with Gasteiger partial charge in [-0.25, -0.2) is 9.18 Å². The van der Waals surface area contributed by atoms with Crippen LogP contribution in [0.4, 0.5) is 4.39 Å². The van der Waals surface area contributed by atoms with E-state index in [0.29, 0.717) is 22.3 Å². The van der Waals surface area contributed by atoms with Crippen molar-refractivity contribution in [1.82, 2.24) is 9.13 Å². The number of hydrogen-bond acceptors (Lipinski definition) is 3. The molecule has 0 saturated carbocycles. The number of hydrogen-bond donors (Lipinski definition) is 0. The normalized spacial score (nSPS) is 11.1. The fraction of sp³-hybridized carbons (Fsp3) is 0.200. The van der Waals surface area contributed by atoms with E-state index in [1.807, 2.05) is 0 Å². The van der Waals surface area contributed by atoms with Crippen molar-refractivity contribution < 1.29 is 4.39 Å². The molecule has 0 N–H and O–H groups in total. The van der Waals surface area contributed by atoms with Crippen LogP contribution >= 0.6 is 11.3 Å². The first kappa shape index (κ1) is 13.8. The van der Waals surface area contributed by atoms with E-state index in [1.54, 1.807) is 30.5 Å². The number of fused-ring (bicyclic) bond motifs is 1. The van der Waals surface area contributed by atoms with Crippen LogP contribution < -0.4 is 11.2 Å². The van der Waals surface area contributed by atoms with E-state index in [0.717, 1.165) is 0 Å². The summed E-state index contributed by atoms with van der Waals surface area (Å²) in [6.45, 7) is 2.31. The third kappa shape index (κ3) is 2.31. The van der Waals surface area contributed by atoms with Crippen LogP contribution in [0.2, 0.25) is 0 Å². The molecule has 2 heterocycles. The number of aromatic nitrogens is 2. The van der Waals surface area contributed by atoms with Crippen LogP contribution in [0.3, 0.4) is 0 Å². The van der Waals surface area contributed by atoms with Crippen LogP contribution in [-0.4, -0.2) is 9.13 Å². The SMILES string of the molecule is CCn1c(=O)c2sccc2n(Cc2cccc(F)c2)c1=O. The van der Waals surface area contributed by atoms with E-state index in [9.17, 15) is 14.0 Å². The largest absolute Gasteiger partial charge is 0.331 e. The first-order valence-corrected chi connectivity index (χ1v) is 7.45. The molecule has 6 heteroatoms. The smallest absolute Gasteiger partial charge is 0.288 e. The van der Waals surface area contributed by atoms with Crippen LogP contribution in [0.1, 0.15) is 12.5 Å². The van der Waals surface area contributed by atoms with Crippen molar-refractivity contribution in [2.75, 3.05) is 0 Å². The Kier molecular flexibility index (Phi) is 3.47. The van der Waals surface area contributed by atoms with Gasteiger partial charge in [0.1, 0.15) is 10.5 Å². The van der Waals surface area contributed by atoms with Gasteiger partial charge in [-0.05, 0) is 36.1 Å². The molecule has 0 aliphatic carbocycles. The minimum Gasteiger partial charge on any atom is -0.288 e. The summed E-state index contributed by atoms with van der Waals surface area (Å²) >= 11 is 1.31. The van der Waals surface area contributed by atoms with Crippen LogP contribution in [0, 0.1) is 5.82 Å². The van der Waals surface area contributed by atoms with Crippen molar-refractivity contribution in [1.29, 1.82) is 0 Å². The molecule has 108 valence electrons. The van der Waals surface area contributed by atoms with Gasteiger partial charge in [0.25, 0.3) is 5.56 Å². The molecule has 4 nitrogen and oxygen atoms in total. The summed E-state index contributed by atoms with van der Waals surface area (Å²) < 4.78 is 16.6. The average molecular weight is 304 g/mol. The van der Waals surface area contributed by atoms with Crippen LogP contribution in [0.25, 0.3) is 10.2 Å². The quantitative estimate of drug-likeness (QED) is 0.746. The Hall–Kier alpha value is -2.21. The molecule has 0 atom stereocenters. The second-order valence-corrected chi connectivity index (χ2v) is 5.60. The fourth-order valence-corrected chi connectivity index (χ4v) is 3.23. The molecule has 21 heavy (non-hydrogen) atoms. The molecule has 0 amide bonds. The van der Waals surface area contributed by atoms with Crippen LogP contribution in [0.5, 0.6) is 0 Å². The zero-order chi connectivity index (χ0) is 15.0. The Morgan fingerprint density at radius 2 is 2.00 bits per heavy atom. The maximum Gasteiger partial charge on any atom is 0.331 e.